The number of carbonyl (C=O) groups is 1. The number of ether oxygens (including phenoxy) is 1. The fraction of sp³-hybridized carbons (Fsp3) is 0.611. The maximum atomic E-state index is 12.5. The van der Waals surface area contributed by atoms with E-state index in [1.165, 1.54) is 6.42 Å². The van der Waals surface area contributed by atoms with Gasteiger partial charge in [-0.1, -0.05) is 11.6 Å². The van der Waals surface area contributed by atoms with Crippen LogP contribution in [0.2, 0.25) is 5.15 Å². The Balaban J connectivity index is 1.55. The molecular weight excluding hydrogens is 340 g/mol. The van der Waals surface area contributed by atoms with Gasteiger partial charge in [0.05, 0.1) is 18.1 Å². The Kier molecular flexibility index (Phi) is 4.20. The third-order valence-corrected chi connectivity index (χ3v) is 5.37. The molecule has 0 radical (unpaired) electrons. The molecular formula is C18H23ClN4O2. The average Bonchev–Trinajstić information content (AvgIpc) is 2.98. The van der Waals surface area contributed by atoms with E-state index in [1.54, 1.807) is 6.07 Å². The van der Waals surface area contributed by atoms with Crippen LogP contribution in [0.3, 0.4) is 0 Å². The molecule has 0 spiro atoms. The van der Waals surface area contributed by atoms with Gasteiger partial charge in [0.2, 0.25) is 11.9 Å². The monoisotopic (exact) mass is 362 g/mol. The van der Waals surface area contributed by atoms with Crippen LogP contribution >= 0.6 is 11.6 Å². The van der Waals surface area contributed by atoms with E-state index in [1.807, 2.05) is 10.6 Å². The quantitative estimate of drug-likeness (QED) is 0.831. The predicted octanol–water partition coefficient (Wildman–Crippen LogP) is 4.10. The summed E-state index contributed by atoms with van der Waals surface area (Å²) >= 11 is 6.06. The van der Waals surface area contributed by atoms with Crippen LogP contribution in [0.5, 0.6) is 0 Å². The summed E-state index contributed by atoms with van der Waals surface area (Å²) in [6.45, 7) is 4.13. The summed E-state index contributed by atoms with van der Waals surface area (Å²) in [7, 11) is 0. The first-order chi connectivity index (χ1) is 11.9. The van der Waals surface area contributed by atoms with E-state index in [0.717, 1.165) is 36.8 Å². The van der Waals surface area contributed by atoms with Crippen LogP contribution in [0.1, 0.15) is 58.4 Å². The molecule has 4 rings (SSSR count). The number of nitrogens with one attached hydrogen (secondary N) is 1. The molecule has 1 N–H and O–H groups in total. The molecule has 25 heavy (non-hydrogen) atoms. The van der Waals surface area contributed by atoms with Crippen molar-refractivity contribution in [2.45, 2.75) is 70.1 Å². The summed E-state index contributed by atoms with van der Waals surface area (Å²) in [6.07, 6.45) is 5.55. The smallest absolute Gasteiger partial charge is 0.229 e. The third kappa shape index (κ3) is 3.37. The molecule has 2 aromatic heterocycles. The van der Waals surface area contributed by atoms with Gasteiger partial charge >= 0.3 is 0 Å². The highest BCUT2D eigenvalue weighted by Gasteiger charge is 2.33. The van der Waals surface area contributed by atoms with Crippen molar-refractivity contribution in [3.63, 3.8) is 0 Å². The van der Waals surface area contributed by atoms with E-state index in [0.29, 0.717) is 23.6 Å². The minimum absolute atomic E-state index is 0.0240. The van der Waals surface area contributed by atoms with E-state index in [2.05, 4.69) is 29.1 Å². The second-order valence-corrected chi connectivity index (χ2v) is 8.04. The van der Waals surface area contributed by atoms with E-state index < -0.39 is 0 Å². The highest BCUT2D eigenvalue weighted by molar-refractivity contribution is 6.29. The van der Waals surface area contributed by atoms with Crippen LogP contribution in [0.15, 0.2) is 12.1 Å². The van der Waals surface area contributed by atoms with Crippen LogP contribution < -0.4 is 5.32 Å². The van der Waals surface area contributed by atoms with Gasteiger partial charge in [-0.05, 0) is 58.1 Å². The highest BCUT2D eigenvalue weighted by Crippen LogP contribution is 2.37. The van der Waals surface area contributed by atoms with Crippen molar-refractivity contribution in [3.8, 4) is 0 Å². The standard InChI is InChI=1S/C18H23ClN4O2/c1-18(2)9-8-12(25-18)10-15(24)22-17-20-13-6-7-14(19)21-16(13)23(17)11-4-3-5-11/h6-7,11-12H,3-5,8-10H2,1-2H3,(H,20,22,24)/t12-/m0/s1. The molecule has 7 heteroatoms. The first-order valence-corrected chi connectivity index (χ1v) is 9.31. The minimum Gasteiger partial charge on any atom is -0.372 e. The van der Waals surface area contributed by atoms with Crippen molar-refractivity contribution in [1.82, 2.24) is 14.5 Å². The Hall–Kier alpha value is -1.66. The molecule has 1 aliphatic heterocycles. The lowest BCUT2D eigenvalue weighted by molar-refractivity contribution is -0.119. The van der Waals surface area contributed by atoms with E-state index in [4.69, 9.17) is 16.3 Å². The Morgan fingerprint density at radius 2 is 2.16 bits per heavy atom. The van der Waals surface area contributed by atoms with Gasteiger partial charge in [-0.2, -0.15) is 0 Å². The van der Waals surface area contributed by atoms with Gasteiger partial charge in [0.15, 0.2) is 5.65 Å². The van der Waals surface area contributed by atoms with Crippen LogP contribution in [0.4, 0.5) is 5.95 Å². The van der Waals surface area contributed by atoms with Crippen molar-refractivity contribution in [3.05, 3.63) is 17.3 Å². The molecule has 134 valence electrons. The second kappa shape index (κ2) is 6.25. The summed E-state index contributed by atoms with van der Waals surface area (Å²) in [4.78, 5) is 21.5. The Morgan fingerprint density at radius 1 is 1.36 bits per heavy atom. The lowest BCUT2D eigenvalue weighted by Gasteiger charge is -2.28. The lowest BCUT2D eigenvalue weighted by atomic mass is 9.93. The van der Waals surface area contributed by atoms with Crippen molar-refractivity contribution in [2.75, 3.05) is 5.32 Å². The minimum atomic E-state index is -0.134. The van der Waals surface area contributed by atoms with Crippen molar-refractivity contribution in [1.29, 1.82) is 0 Å². The SMILES string of the molecule is CC1(C)CC[C@@H](CC(=O)Nc2nc3ccc(Cl)nc3n2C2CCC2)O1. The number of fused-ring (bicyclic) bond motifs is 1. The summed E-state index contributed by atoms with van der Waals surface area (Å²) in [5.41, 5.74) is 1.36. The van der Waals surface area contributed by atoms with Gasteiger partial charge in [0.25, 0.3) is 0 Å². The summed E-state index contributed by atoms with van der Waals surface area (Å²) in [5, 5.41) is 3.41. The number of imidazole rings is 1. The van der Waals surface area contributed by atoms with Gasteiger partial charge in [0, 0.05) is 6.04 Å². The first-order valence-electron chi connectivity index (χ1n) is 8.93. The number of nitrogens with zero attached hydrogens (tertiary/aromatic N) is 3. The molecule has 0 bridgehead atoms. The first kappa shape index (κ1) is 16.8. The molecule has 1 aliphatic carbocycles. The number of hydrogen-bond acceptors (Lipinski definition) is 4. The number of hydrogen-bond donors (Lipinski definition) is 1. The molecule has 6 nitrogen and oxygen atoms in total. The number of pyridine rings is 1. The van der Waals surface area contributed by atoms with Crippen LogP contribution in [0.25, 0.3) is 11.2 Å². The van der Waals surface area contributed by atoms with Crippen molar-refractivity contribution in [2.24, 2.45) is 0 Å². The number of carbonyl (C=O) groups excluding carboxylic acids is 1. The predicted molar refractivity (Wildman–Crippen MR) is 96.9 cm³/mol. The maximum absolute atomic E-state index is 12.5. The van der Waals surface area contributed by atoms with Gasteiger partial charge < -0.3 is 4.74 Å². The largest absolute Gasteiger partial charge is 0.372 e. The lowest BCUT2D eigenvalue weighted by Crippen LogP contribution is -2.26. The Bertz CT molecular complexity index is 813. The van der Waals surface area contributed by atoms with Gasteiger partial charge in [-0.25, -0.2) is 9.97 Å². The fourth-order valence-corrected chi connectivity index (χ4v) is 3.78. The normalized spacial score (nSPS) is 22.9. The topological polar surface area (TPSA) is 69.0 Å². The van der Waals surface area contributed by atoms with Crippen LogP contribution in [-0.2, 0) is 9.53 Å². The molecule has 2 aromatic rings. The number of rotatable bonds is 4. The van der Waals surface area contributed by atoms with Gasteiger partial charge in [-0.3, -0.25) is 14.7 Å². The van der Waals surface area contributed by atoms with E-state index in [-0.39, 0.29) is 17.6 Å². The number of aromatic nitrogens is 3. The zero-order valence-electron chi connectivity index (χ0n) is 14.6. The fourth-order valence-electron chi connectivity index (χ4n) is 3.63. The number of halogens is 1. The molecule has 2 fully saturated rings. The Morgan fingerprint density at radius 3 is 2.80 bits per heavy atom. The maximum Gasteiger partial charge on any atom is 0.229 e. The molecule has 1 saturated carbocycles. The van der Waals surface area contributed by atoms with E-state index in [9.17, 15) is 4.79 Å². The second-order valence-electron chi connectivity index (χ2n) is 7.66. The van der Waals surface area contributed by atoms with Crippen LogP contribution in [-0.4, -0.2) is 32.1 Å². The number of amides is 1. The van der Waals surface area contributed by atoms with E-state index >= 15 is 0 Å². The summed E-state index contributed by atoms with van der Waals surface area (Å²) < 4.78 is 7.95. The van der Waals surface area contributed by atoms with Gasteiger partial charge in [-0.15, -0.1) is 0 Å². The molecule has 2 aliphatic rings. The summed E-state index contributed by atoms with van der Waals surface area (Å²) in [5.74, 6) is 0.501. The summed E-state index contributed by atoms with van der Waals surface area (Å²) in [6, 6.07) is 3.90. The Labute approximate surface area is 151 Å². The van der Waals surface area contributed by atoms with Crippen molar-refractivity contribution < 1.29 is 9.53 Å². The molecule has 0 aromatic carbocycles. The average molecular weight is 363 g/mol. The molecule has 1 saturated heterocycles. The molecule has 1 atom stereocenters. The van der Waals surface area contributed by atoms with Gasteiger partial charge in [0.1, 0.15) is 10.7 Å². The zero-order chi connectivity index (χ0) is 17.6. The highest BCUT2D eigenvalue weighted by atomic mass is 35.5. The zero-order valence-corrected chi connectivity index (χ0v) is 15.3. The number of anilines is 1. The molecule has 3 heterocycles. The molecule has 1 amide bonds. The van der Waals surface area contributed by atoms with Crippen molar-refractivity contribution >= 4 is 34.6 Å². The molecule has 0 unspecified atom stereocenters. The third-order valence-electron chi connectivity index (χ3n) is 5.16. The van der Waals surface area contributed by atoms with Crippen LogP contribution in [0, 0.1) is 0 Å².